The van der Waals surface area contributed by atoms with Gasteiger partial charge in [-0.15, -0.1) is 0 Å². The average Bonchev–Trinajstić information content (AvgIpc) is 3.35. The van der Waals surface area contributed by atoms with Gasteiger partial charge in [-0.25, -0.2) is 9.97 Å². The molecule has 5 heterocycles. The monoisotopic (exact) mass is 370 g/mol. The van der Waals surface area contributed by atoms with Gasteiger partial charge >= 0.3 is 0 Å². The Morgan fingerprint density at radius 3 is 2.86 bits per heavy atom. The number of rotatable bonds is 5. The number of imidazole rings is 1. The minimum Gasteiger partial charge on any atom is -0.336 e. The number of hydrogen-bond donors (Lipinski definition) is 3. The largest absolute Gasteiger partial charge is 0.336 e. The summed E-state index contributed by atoms with van der Waals surface area (Å²) in [6.07, 6.45) is 7.16. The van der Waals surface area contributed by atoms with Gasteiger partial charge in [-0.2, -0.15) is 5.10 Å². The van der Waals surface area contributed by atoms with Gasteiger partial charge in [-0.1, -0.05) is 6.92 Å². The molecular formula is C20H18N8. The van der Waals surface area contributed by atoms with E-state index >= 15 is 0 Å². The number of hydrogen-bond acceptors (Lipinski definition) is 6. The Bertz CT molecular complexity index is 1240. The molecule has 0 radical (unpaired) electrons. The third-order valence-electron chi connectivity index (χ3n) is 4.59. The van der Waals surface area contributed by atoms with Crippen molar-refractivity contribution in [1.29, 1.82) is 0 Å². The second kappa shape index (κ2) is 6.82. The van der Waals surface area contributed by atoms with Gasteiger partial charge in [0, 0.05) is 30.7 Å². The van der Waals surface area contributed by atoms with Crippen molar-refractivity contribution in [2.75, 3.05) is 6.54 Å². The van der Waals surface area contributed by atoms with Crippen LogP contribution >= 0.6 is 0 Å². The molecule has 0 aliphatic rings. The van der Waals surface area contributed by atoms with Crippen LogP contribution in [0.1, 0.15) is 12.5 Å². The SMILES string of the molecule is CCNCc1cncc(-c2ccc3[nH]nc(-c4nc5cnccc5[nH]4)c3n2)c1. The van der Waals surface area contributed by atoms with Gasteiger partial charge in [-0.05, 0) is 36.4 Å². The van der Waals surface area contributed by atoms with E-state index in [2.05, 4.69) is 48.4 Å². The molecule has 138 valence electrons. The molecule has 0 saturated carbocycles. The summed E-state index contributed by atoms with van der Waals surface area (Å²) in [5.74, 6) is 0.665. The van der Waals surface area contributed by atoms with Crippen LogP contribution in [-0.4, -0.2) is 41.7 Å². The van der Waals surface area contributed by atoms with Crippen LogP contribution in [0.4, 0.5) is 0 Å². The van der Waals surface area contributed by atoms with Crippen molar-refractivity contribution in [3.05, 3.63) is 54.6 Å². The van der Waals surface area contributed by atoms with E-state index in [0.717, 1.165) is 52.0 Å². The van der Waals surface area contributed by atoms with E-state index in [4.69, 9.17) is 4.98 Å². The zero-order chi connectivity index (χ0) is 18.9. The predicted molar refractivity (Wildman–Crippen MR) is 107 cm³/mol. The lowest BCUT2D eigenvalue weighted by atomic mass is 10.1. The van der Waals surface area contributed by atoms with E-state index in [1.165, 1.54) is 0 Å². The zero-order valence-corrected chi connectivity index (χ0v) is 15.3. The highest BCUT2D eigenvalue weighted by atomic mass is 15.1. The van der Waals surface area contributed by atoms with E-state index in [9.17, 15) is 0 Å². The molecule has 8 nitrogen and oxygen atoms in total. The number of nitrogens with zero attached hydrogens (tertiary/aromatic N) is 5. The molecule has 0 atom stereocenters. The van der Waals surface area contributed by atoms with Crippen molar-refractivity contribution < 1.29 is 0 Å². The number of aromatic amines is 2. The lowest BCUT2D eigenvalue weighted by Crippen LogP contribution is -2.11. The van der Waals surface area contributed by atoms with Crippen LogP contribution in [0.5, 0.6) is 0 Å². The van der Waals surface area contributed by atoms with Crippen LogP contribution in [0, 0.1) is 0 Å². The number of H-pyrrole nitrogens is 2. The molecular weight excluding hydrogens is 352 g/mol. The molecule has 0 aliphatic heterocycles. The fraction of sp³-hybridized carbons (Fsp3) is 0.150. The molecule has 0 unspecified atom stereocenters. The van der Waals surface area contributed by atoms with Gasteiger partial charge in [0.1, 0.15) is 11.0 Å². The highest BCUT2D eigenvalue weighted by Crippen LogP contribution is 2.27. The lowest BCUT2D eigenvalue weighted by molar-refractivity contribution is 0.724. The van der Waals surface area contributed by atoms with Crippen LogP contribution in [0.15, 0.2) is 49.1 Å². The van der Waals surface area contributed by atoms with Crippen molar-refractivity contribution >= 4 is 22.1 Å². The van der Waals surface area contributed by atoms with Crippen molar-refractivity contribution in [2.24, 2.45) is 0 Å². The first-order chi connectivity index (χ1) is 13.8. The molecule has 0 spiro atoms. The third kappa shape index (κ3) is 2.89. The first-order valence-electron chi connectivity index (χ1n) is 9.12. The molecule has 8 heteroatoms. The summed E-state index contributed by atoms with van der Waals surface area (Å²) in [7, 11) is 0. The maximum absolute atomic E-state index is 4.84. The van der Waals surface area contributed by atoms with Gasteiger partial charge < -0.3 is 10.3 Å². The summed E-state index contributed by atoms with van der Waals surface area (Å²) in [4.78, 5) is 21.2. The fourth-order valence-electron chi connectivity index (χ4n) is 3.19. The van der Waals surface area contributed by atoms with E-state index in [1.54, 1.807) is 12.4 Å². The van der Waals surface area contributed by atoms with Gasteiger partial charge in [-0.3, -0.25) is 15.1 Å². The summed E-state index contributed by atoms with van der Waals surface area (Å²) in [6.45, 7) is 3.78. The van der Waals surface area contributed by atoms with E-state index in [0.29, 0.717) is 11.5 Å². The molecule has 5 aromatic heterocycles. The molecule has 0 fully saturated rings. The Morgan fingerprint density at radius 1 is 1.00 bits per heavy atom. The molecule has 0 aliphatic carbocycles. The molecule has 28 heavy (non-hydrogen) atoms. The smallest absolute Gasteiger partial charge is 0.161 e. The van der Waals surface area contributed by atoms with Crippen LogP contribution < -0.4 is 5.32 Å². The topological polar surface area (TPSA) is 108 Å². The standard InChI is InChI=1S/C20H18N8/c1-2-21-8-12-7-13(10-23-9-12)14-3-4-16-18(24-14)19(28-27-16)20-25-15-5-6-22-11-17(15)26-20/h3-7,9-11,21H,2,8H2,1H3,(H,25,26)(H,27,28). The molecule has 0 bridgehead atoms. The van der Waals surface area contributed by atoms with Gasteiger partial charge in [0.25, 0.3) is 0 Å². The molecule has 0 aromatic carbocycles. The quantitative estimate of drug-likeness (QED) is 0.439. The summed E-state index contributed by atoms with van der Waals surface area (Å²) < 4.78 is 0. The Labute approximate surface area is 160 Å². The maximum Gasteiger partial charge on any atom is 0.161 e. The van der Waals surface area contributed by atoms with Crippen molar-refractivity contribution in [1.82, 2.24) is 40.4 Å². The second-order valence-electron chi connectivity index (χ2n) is 6.51. The van der Waals surface area contributed by atoms with Crippen molar-refractivity contribution in [2.45, 2.75) is 13.5 Å². The van der Waals surface area contributed by atoms with E-state index < -0.39 is 0 Å². The minimum absolute atomic E-state index is 0.665. The summed E-state index contributed by atoms with van der Waals surface area (Å²) in [5.41, 5.74) is 6.96. The van der Waals surface area contributed by atoms with Crippen LogP contribution in [0.2, 0.25) is 0 Å². The molecule has 0 amide bonds. The summed E-state index contributed by atoms with van der Waals surface area (Å²) in [6, 6.07) is 7.95. The highest BCUT2D eigenvalue weighted by molar-refractivity contribution is 5.91. The van der Waals surface area contributed by atoms with Crippen molar-refractivity contribution in [3.63, 3.8) is 0 Å². The zero-order valence-electron chi connectivity index (χ0n) is 15.3. The second-order valence-corrected chi connectivity index (χ2v) is 6.51. The summed E-state index contributed by atoms with van der Waals surface area (Å²) >= 11 is 0. The van der Waals surface area contributed by atoms with Crippen LogP contribution in [-0.2, 0) is 6.54 Å². The van der Waals surface area contributed by atoms with Crippen molar-refractivity contribution in [3.8, 4) is 22.8 Å². The number of fused-ring (bicyclic) bond motifs is 2. The Balaban J connectivity index is 1.58. The molecule has 0 saturated heterocycles. The van der Waals surface area contributed by atoms with E-state index in [-0.39, 0.29) is 0 Å². The van der Waals surface area contributed by atoms with Crippen LogP contribution in [0.3, 0.4) is 0 Å². The summed E-state index contributed by atoms with van der Waals surface area (Å²) in [5, 5.41) is 10.8. The number of aromatic nitrogens is 7. The fourth-order valence-corrected chi connectivity index (χ4v) is 3.19. The molecule has 5 rings (SSSR count). The van der Waals surface area contributed by atoms with Gasteiger partial charge in [0.15, 0.2) is 11.5 Å². The number of nitrogens with one attached hydrogen (secondary N) is 3. The Hall–Kier alpha value is -3.65. The van der Waals surface area contributed by atoms with Gasteiger partial charge in [0.05, 0.1) is 22.9 Å². The normalized spacial score (nSPS) is 11.5. The first kappa shape index (κ1) is 16.5. The van der Waals surface area contributed by atoms with Gasteiger partial charge in [0.2, 0.25) is 0 Å². The third-order valence-corrected chi connectivity index (χ3v) is 4.59. The highest BCUT2D eigenvalue weighted by Gasteiger charge is 2.15. The molecule has 5 aromatic rings. The Kier molecular flexibility index (Phi) is 4.02. The minimum atomic E-state index is 0.665. The lowest BCUT2D eigenvalue weighted by Gasteiger charge is -2.05. The number of pyridine rings is 3. The molecule has 3 N–H and O–H groups in total. The van der Waals surface area contributed by atoms with Crippen LogP contribution in [0.25, 0.3) is 44.8 Å². The first-order valence-corrected chi connectivity index (χ1v) is 9.12. The predicted octanol–water partition coefficient (Wildman–Crippen LogP) is 3.07. The Morgan fingerprint density at radius 2 is 1.96 bits per heavy atom. The average molecular weight is 370 g/mol. The van der Waals surface area contributed by atoms with E-state index in [1.807, 2.05) is 30.6 Å². The maximum atomic E-state index is 4.84.